The number of hydrogen-bond acceptors (Lipinski definition) is 4. The Balaban J connectivity index is 0.00000261. The highest BCUT2D eigenvalue weighted by atomic mass is 35.5. The minimum Gasteiger partial charge on any atom is -0.493 e. The molecule has 7 heteroatoms. The number of nitrogens with zero attached hydrogens (tertiary/aromatic N) is 1. The lowest BCUT2D eigenvalue weighted by atomic mass is 9.95. The molecule has 2 N–H and O–H groups in total. The van der Waals surface area contributed by atoms with Gasteiger partial charge in [0.1, 0.15) is 5.75 Å². The van der Waals surface area contributed by atoms with E-state index in [1.807, 2.05) is 35.2 Å². The molecule has 2 aliphatic heterocycles. The lowest BCUT2D eigenvalue weighted by molar-refractivity contribution is -0.136. The van der Waals surface area contributed by atoms with Gasteiger partial charge in [0.25, 0.3) is 0 Å². The molecule has 6 nitrogen and oxygen atoms in total. The van der Waals surface area contributed by atoms with Gasteiger partial charge in [-0.1, -0.05) is 18.2 Å². The van der Waals surface area contributed by atoms with E-state index in [0.717, 1.165) is 44.5 Å². The summed E-state index contributed by atoms with van der Waals surface area (Å²) in [6.45, 7) is 3.61. The largest absolute Gasteiger partial charge is 0.493 e. The van der Waals surface area contributed by atoms with Crippen molar-refractivity contribution in [3.8, 4) is 5.75 Å². The fraction of sp³-hybridized carbons (Fsp3) is 0.600. The molecular formula is C20H30ClN3O3. The predicted molar refractivity (Wildman–Crippen MR) is 107 cm³/mol. The fourth-order valence-corrected chi connectivity index (χ4v) is 3.62. The second kappa shape index (κ2) is 11.1. The Bertz CT molecular complexity index is 585. The molecule has 0 spiro atoms. The first kappa shape index (κ1) is 21.5. The molecule has 2 saturated heterocycles. The van der Waals surface area contributed by atoms with E-state index < -0.39 is 0 Å². The number of ether oxygens (including phenoxy) is 1. The average molecular weight is 396 g/mol. The number of carbonyl (C=O) groups excluding carboxylic acids is 2. The van der Waals surface area contributed by atoms with Crippen LogP contribution in [0.3, 0.4) is 0 Å². The van der Waals surface area contributed by atoms with E-state index in [1.165, 1.54) is 0 Å². The summed E-state index contributed by atoms with van der Waals surface area (Å²) in [4.78, 5) is 26.6. The molecule has 2 fully saturated rings. The van der Waals surface area contributed by atoms with Crippen molar-refractivity contribution in [2.24, 2.45) is 5.92 Å². The van der Waals surface area contributed by atoms with E-state index in [1.54, 1.807) is 0 Å². The molecule has 2 heterocycles. The quantitative estimate of drug-likeness (QED) is 0.772. The minimum absolute atomic E-state index is 0. The fourth-order valence-electron chi connectivity index (χ4n) is 3.62. The Hall–Kier alpha value is -1.79. The van der Waals surface area contributed by atoms with Gasteiger partial charge in [-0.2, -0.15) is 0 Å². The predicted octanol–water partition coefficient (Wildman–Crippen LogP) is 1.98. The van der Waals surface area contributed by atoms with Crippen molar-refractivity contribution >= 4 is 24.2 Å². The second-order valence-corrected chi connectivity index (χ2v) is 7.12. The summed E-state index contributed by atoms with van der Waals surface area (Å²) in [5, 5.41) is 6.48. The van der Waals surface area contributed by atoms with Gasteiger partial charge in [-0.25, -0.2) is 0 Å². The summed E-state index contributed by atoms with van der Waals surface area (Å²) in [6, 6.07) is 9.79. The number of likely N-dealkylation sites (tertiary alicyclic amines) is 1. The van der Waals surface area contributed by atoms with Crippen molar-refractivity contribution in [1.82, 2.24) is 15.5 Å². The maximum atomic E-state index is 12.4. The monoisotopic (exact) mass is 395 g/mol. The zero-order valence-electron chi connectivity index (χ0n) is 15.7. The van der Waals surface area contributed by atoms with Crippen LogP contribution in [0.25, 0.3) is 0 Å². The number of piperidine rings is 2. The van der Waals surface area contributed by atoms with Crippen LogP contribution in [0.5, 0.6) is 5.75 Å². The maximum Gasteiger partial charge on any atom is 0.225 e. The van der Waals surface area contributed by atoms with Crippen LogP contribution in [-0.4, -0.2) is 55.5 Å². The lowest BCUT2D eigenvalue weighted by Gasteiger charge is -2.33. The number of amides is 2. The maximum absolute atomic E-state index is 12.4. The molecule has 0 unspecified atom stereocenters. The van der Waals surface area contributed by atoms with Crippen LogP contribution in [0.1, 0.15) is 32.1 Å². The summed E-state index contributed by atoms with van der Waals surface area (Å²) < 4.78 is 5.59. The van der Waals surface area contributed by atoms with Crippen molar-refractivity contribution in [1.29, 1.82) is 0 Å². The third kappa shape index (κ3) is 6.70. The molecule has 27 heavy (non-hydrogen) atoms. The second-order valence-electron chi connectivity index (χ2n) is 7.12. The van der Waals surface area contributed by atoms with Gasteiger partial charge in [-0.05, 0) is 44.4 Å². The number of hydrogen-bond donors (Lipinski definition) is 2. The number of benzene rings is 1. The first-order chi connectivity index (χ1) is 12.7. The summed E-state index contributed by atoms with van der Waals surface area (Å²) in [5.41, 5.74) is 0. The summed E-state index contributed by atoms with van der Waals surface area (Å²) >= 11 is 0. The molecule has 150 valence electrons. The van der Waals surface area contributed by atoms with Crippen molar-refractivity contribution in [2.75, 3.05) is 32.8 Å². The number of para-hydroxylation sites is 1. The van der Waals surface area contributed by atoms with E-state index in [4.69, 9.17) is 4.74 Å². The first-order valence-corrected chi connectivity index (χ1v) is 9.69. The number of carbonyl (C=O) groups is 2. The molecule has 0 aromatic heterocycles. The van der Waals surface area contributed by atoms with Crippen molar-refractivity contribution < 1.29 is 14.3 Å². The molecule has 3 rings (SSSR count). The molecule has 0 radical (unpaired) electrons. The van der Waals surface area contributed by atoms with Gasteiger partial charge in [0, 0.05) is 31.6 Å². The standard InChI is InChI=1S/C20H29N3O3.ClH/c24-19(10-14-26-18-6-2-1-3-7-18)23-12-8-16(9-13-23)20(25)22-17-5-4-11-21-15-17;/h1-3,6-7,16-17,21H,4-5,8-15H2,(H,22,25);1H/t17-;/m0./s1. The highest BCUT2D eigenvalue weighted by molar-refractivity contribution is 5.85. The van der Waals surface area contributed by atoms with Gasteiger partial charge in [0.15, 0.2) is 0 Å². The van der Waals surface area contributed by atoms with E-state index >= 15 is 0 Å². The Labute approximate surface area is 167 Å². The highest BCUT2D eigenvalue weighted by Crippen LogP contribution is 2.19. The van der Waals surface area contributed by atoms with Crippen LogP contribution in [0, 0.1) is 5.92 Å². The highest BCUT2D eigenvalue weighted by Gasteiger charge is 2.28. The Morgan fingerprint density at radius 2 is 1.89 bits per heavy atom. The Kier molecular flexibility index (Phi) is 8.88. The normalized spacial score (nSPS) is 20.4. The number of rotatable bonds is 6. The first-order valence-electron chi connectivity index (χ1n) is 9.69. The van der Waals surface area contributed by atoms with E-state index in [9.17, 15) is 9.59 Å². The van der Waals surface area contributed by atoms with Gasteiger partial charge in [-0.15, -0.1) is 12.4 Å². The lowest BCUT2D eigenvalue weighted by Crippen LogP contribution is -2.49. The third-order valence-corrected chi connectivity index (χ3v) is 5.19. The minimum atomic E-state index is 0. The average Bonchev–Trinajstić information content (AvgIpc) is 2.69. The Morgan fingerprint density at radius 3 is 2.56 bits per heavy atom. The molecule has 2 amide bonds. The van der Waals surface area contributed by atoms with Crippen LogP contribution in [0.4, 0.5) is 0 Å². The van der Waals surface area contributed by atoms with Crippen LogP contribution < -0.4 is 15.4 Å². The smallest absolute Gasteiger partial charge is 0.225 e. The summed E-state index contributed by atoms with van der Waals surface area (Å²) in [5.74, 6) is 1.07. The Morgan fingerprint density at radius 1 is 1.15 bits per heavy atom. The van der Waals surface area contributed by atoms with Crippen LogP contribution >= 0.6 is 12.4 Å². The van der Waals surface area contributed by atoms with Gasteiger partial charge >= 0.3 is 0 Å². The molecule has 0 saturated carbocycles. The van der Waals surface area contributed by atoms with Crippen molar-refractivity contribution in [3.63, 3.8) is 0 Å². The zero-order chi connectivity index (χ0) is 18.2. The molecule has 2 aliphatic rings. The van der Waals surface area contributed by atoms with Crippen molar-refractivity contribution in [3.05, 3.63) is 30.3 Å². The van der Waals surface area contributed by atoms with Gasteiger partial charge in [-0.3, -0.25) is 9.59 Å². The molecule has 1 aromatic carbocycles. The van der Waals surface area contributed by atoms with Crippen LogP contribution in [0.15, 0.2) is 30.3 Å². The summed E-state index contributed by atoms with van der Waals surface area (Å²) in [7, 11) is 0. The number of halogens is 1. The third-order valence-electron chi connectivity index (χ3n) is 5.19. The SMILES string of the molecule is Cl.O=C(N[C@H]1CCCNC1)C1CCN(C(=O)CCOc2ccccc2)CC1. The van der Waals surface area contributed by atoms with E-state index in [2.05, 4.69) is 10.6 Å². The molecule has 0 aliphatic carbocycles. The van der Waals surface area contributed by atoms with Crippen molar-refractivity contribution in [2.45, 2.75) is 38.1 Å². The van der Waals surface area contributed by atoms with Crippen LogP contribution in [-0.2, 0) is 9.59 Å². The van der Waals surface area contributed by atoms with E-state index in [-0.39, 0.29) is 36.2 Å². The number of nitrogens with one attached hydrogen (secondary N) is 2. The van der Waals surface area contributed by atoms with Gasteiger partial charge in [0.2, 0.25) is 11.8 Å². The molecule has 1 aromatic rings. The van der Waals surface area contributed by atoms with E-state index in [0.29, 0.717) is 26.1 Å². The topological polar surface area (TPSA) is 70.7 Å². The molecule has 1 atom stereocenters. The molecular weight excluding hydrogens is 366 g/mol. The van der Waals surface area contributed by atoms with Gasteiger partial charge in [0.05, 0.1) is 13.0 Å². The zero-order valence-corrected chi connectivity index (χ0v) is 16.5. The van der Waals surface area contributed by atoms with Crippen LogP contribution in [0.2, 0.25) is 0 Å². The summed E-state index contributed by atoms with van der Waals surface area (Å²) in [6.07, 6.45) is 4.04. The molecule has 0 bridgehead atoms. The van der Waals surface area contributed by atoms with Gasteiger partial charge < -0.3 is 20.3 Å².